The highest BCUT2D eigenvalue weighted by atomic mass is 16.4. The maximum atomic E-state index is 11.7. The van der Waals surface area contributed by atoms with Crippen LogP contribution in [0.5, 0.6) is 0 Å². The molecule has 1 atom stereocenters. The minimum Gasteiger partial charge on any atom is -0.480 e. The predicted octanol–water partition coefficient (Wildman–Crippen LogP) is 2.76. The number of carbonyl (C=O) groups excluding carboxylic acids is 1. The summed E-state index contributed by atoms with van der Waals surface area (Å²) in [6.07, 6.45) is 6.97. The van der Waals surface area contributed by atoms with Crippen molar-refractivity contribution in [3.63, 3.8) is 0 Å². The number of hydrogen-bond acceptors (Lipinski definition) is 2. The summed E-state index contributed by atoms with van der Waals surface area (Å²) in [6.45, 7) is 4.92. The first-order valence-corrected chi connectivity index (χ1v) is 7.80. The van der Waals surface area contributed by atoms with Crippen molar-refractivity contribution in [1.29, 1.82) is 0 Å². The molecular formula is C15H28N2O3. The van der Waals surface area contributed by atoms with Crippen molar-refractivity contribution in [2.45, 2.75) is 64.8 Å². The third-order valence-corrected chi connectivity index (χ3v) is 4.14. The Balaban J connectivity index is 2.25. The van der Waals surface area contributed by atoms with Crippen molar-refractivity contribution in [1.82, 2.24) is 10.6 Å². The molecule has 0 heterocycles. The van der Waals surface area contributed by atoms with E-state index in [2.05, 4.69) is 17.6 Å². The van der Waals surface area contributed by atoms with E-state index in [1.807, 2.05) is 6.92 Å². The van der Waals surface area contributed by atoms with Crippen molar-refractivity contribution in [3.8, 4) is 0 Å². The third kappa shape index (κ3) is 6.26. The average Bonchev–Trinajstić information content (AvgIpc) is 2.42. The Kier molecular flexibility index (Phi) is 7.41. The number of carboxylic acid groups (broad SMARTS) is 1. The number of unbranched alkanes of at least 4 members (excludes halogenated alkanes) is 1. The van der Waals surface area contributed by atoms with Crippen molar-refractivity contribution >= 4 is 12.0 Å². The number of nitrogens with one attached hydrogen (secondary N) is 2. The molecule has 0 aromatic heterocycles. The average molecular weight is 284 g/mol. The molecule has 1 fully saturated rings. The molecule has 0 aliphatic heterocycles. The summed E-state index contributed by atoms with van der Waals surface area (Å²) < 4.78 is 0. The molecule has 5 heteroatoms. The number of amides is 2. The molecule has 2 amide bonds. The van der Waals surface area contributed by atoms with Crippen LogP contribution in [0.15, 0.2) is 0 Å². The van der Waals surface area contributed by atoms with Gasteiger partial charge in [-0.2, -0.15) is 0 Å². The number of aliphatic carboxylic acids is 1. The largest absolute Gasteiger partial charge is 0.480 e. The normalized spacial score (nSPS) is 23.9. The molecule has 0 spiro atoms. The van der Waals surface area contributed by atoms with Crippen molar-refractivity contribution in [2.75, 3.05) is 6.54 Å². The Morgan fingerprint density at radius 2 is 1.90 bits per heavy atom. The minimum atomic E-state index is -0.958. The molecule has 1 saturated carbocycles. The second kappa shape index (κ2) is 8.82. The van der Waals surface area contributed by atoms with Crippen LogP contribution in [0.25, 0.3) is 0 Å². The lowest BCUT2D eigenvalue weighted by atomic mass is 9.83. The van der Waals surface area contributed by atoms with E-state index in [-0.39, 0.29) is 6.03 Å². The Morgan fingerprint density at radius 1 is 1.25 bits per heavy atom. The molecule has 0 bridgehead atoms. The van der Waals surface area contributed by atoms with Gasteiger partial charge in [0.1, 0.15) is 6.04 Å². The predicted molar refractivity (Wildman–Crippen MR) is 78.6 cm³/mol. The molecule has 0 radical (unpaired) electrons. The minimum absolute atomic E-state index is 0.355. The van der Waals surface area contributed by atoms with Crippen LogP contribution in [0, 0.1) is 11.8 Å². The lowest BCUT2D eigenvalue weighted by molar-refractivity contribution is -0.139. The van der Waals surface area contributed by atoms with Gasteiger partial charge in [0.2, 0.25) is 0 Å². The van der Waals surface area contributed by atoms with E-state index in [9.17, 15) is 9.59 Å². The molecule has 1 aliphatic carbocycles. The van der Waals surface area contributed by atoms with E-state index in [1.54, 1.807) is 0 Å². The quantitative estimate of drug-likeness (QED) is 0.672. The SMILES string of the molecule is CCCCC(NC(=O)NCC1CCC(C)CC1)C(=O)O. The molecule has 20 heavy (non-hydrogen) atoms. The van der Waals surface area contributed by atoms with Gasteiger partial charge < -0.3 is 15.7 Å². The summed E-state index contributed by atoms with van der Waals surface area (Å²) in [5, 5.41) is 14.4. The second-order valence-corrected chi connectivity index (χ2v) is 6.01. The van der Waals surface area contributed by atoms with Crippen LogP contribution < -0.4 is 10.6 Å². The monoisotopic (exact) mass is 284 g/mol. The summed E-state index contributed by atoms with van der Waals surface area (Å²) in [5.41, 5.74) is 0. The van der Waals surface area contributed by atoms with Gasteiger partial charge in [0.05, 0.1) is 0 Å². The molecule has 116 valence electrons. The van der Waals surface area contributed by atoms with Gasteiger partial charge in [-0.25, -0.2) is 9.59 Å². The van der Waals surface area contributed by atoms with Crippen LogP contribution in [0.3, 0.4) is 0 Å². The van der Waals surface area contributed by atoms with Gasteiger partial charge in [0.25, 0.3) is 0 Å². The fourth-order valence-electron chi connectivity index (χ4n) is 2.65. The molecule has 1 rings (SSSR count). The van der Waals surface area contributed by atoms with Crippen LogP contribution in [-0.2, 0) is 4.79 Å². The van der Waals surface area contributed by atoms with Gasteiger partial charge in [-0.3, -0.25) is 0 Å². The maximum absolute atomic E-state index is 11.7. The first-order valence-electron chi connectivity index (χ1n) is 7.80. The van der Waals surface area contributed by atoms with E-state index < -0.39 is 12.0 Å². The fraction of sp³-hybridized carbons (Fsp3) is 0.867. The molecule has 0 saturated heterocycles. The molecule has 1 aliphatic rings. The zero-order valence-corrected chi connectivity index (χ0v) is 12.7. The highest BCUT2D eigenvalue weighted by Crippen LogP contribution is 2.27. The Labute approximate surface area is 121 Å². The molecule has 3 N–H and O–H groups in total. The number of hydrogen-bond donors (Lipinski definition) is 3. The van der Waals surface area contributed by atoms with Crippen LogP contribution >= 0.6 is 0 Å². The number of urea groups is 1. The molecule has 5 nitrogen and oxygen atoms in total. The molecule has 1 unspecified atom stereocenters. The van der Waals surface area contributed by atoms with E-state index in [0.29, 0.717) is 18.9 Å². The maximum Gasteiger partial charge on any atom is 0.326 e. The molecular weight excluding hydrogens is 256 g/mol. The van der Waals surface area contributed by atoms with Gasteiger partial charge in [-0.15, -0.1) is 0 Å². The van der Waals surface area contributed by atoms with Gasteiger partial charge in [0.15, 0.2) is 0 Å². The summed E-state index contributed by atoms with van der Waals surface area (Å²) in [5.74, 6) is 0.376. The van der Waals surface area contributed by atoms with Gasteiger partial charge in [-0.1, -0.05) is 39.5 Å². The number of carbonyl (C=O) groups is 2. The lowest BCUT2D eigenvalue weighted by Crippen LogP contribution is -2.47. The molecule has 0 aromatic carbocycles. The van der Waals surface area contributed by atoms with Crippen LogP contribution in [0.4, 0.5) is 4.79 Å². The van der Waals surface area contributed by atoms with E-state index in [0.717, 1.165) is 31.6 Å². The van der Waals surface area contributed by atoms with Gasteiger partial charge >= 0.3 is 12.0 Å². The van der Waals surface area contributed by atoms with Gasteiger partial charge in [-0.05, 0) is 31.1 Å². The number of carboxylic acids is 1. The lowest BCUT2D eigenvalue weighted by Gasteiger charge is -2.26. The summed E-state index contributed by atoms with van der Waals surface area (Å²) >= 11 is 0. The summed E-state index contributed by atoms with van der Waals surface area (Å²) in [7, 11) is 0. The van der Waals surface area contributed by atoms with Crippen molar-refractivity contribution in [3.05, 3.63) is 0 Å². The Bertz CT molecular complexity index is 312. The topological polar surface area (TPSA) is 78.4 Å². The molecule has 0 aromatic rings. The standard InChI is InChI=1S/C15H28N2O3/c1-3-4-5-13(14(18)19)17-15(20)16-10-12-8-6-11(2)7-9-12/h11-13H,3-10H2,1-2H3,(H,18,19)(H2,16,17,20). The van der Waals surface area contributed by atoms with Gasteiger partial charge in [0, 0.05) is 6.54 Å². The first kappa shape index (κ1) is 16.8. The Morgan fingerprint density at radius 3 is 2.45 bits per heavy atom. The smallest absolute Gasteiger partial charge is 0.326 e. The summed E-state index contributed by atoms with van der Waals surface area (Å²) in [4.78, 5) is 22.8. The summed E-state index contributed by atoms with van der Waals surface area (Å²) in [6, 6.07) is -1.13. The zero-order valence-electron chi connectivity index (χ0n) is 12.7. The number of rotatable bonds is 7. The van der Waals surface area contributed by atoms with E-state index in [4.69, 9.17) is 5.11 Å². The fourth-order valence-corrected chi connectivity index (χ4v) is 2.65. The van der Waals surface area contributed by atoms with Crippen molar-refractivity contribution in [2.24, 2.45) is 11.8 Å². The Hall–Kier alpha value is -1.26. The van der Waals surface area contributed by atoms with E-state index >= 15 is 0 Å². The van der Waals surface area contributed by atoms with Crippen molar-refractivity contribution < 1.29 is 14.7 Å². The second-order valence-electron chi connectivity index (χ2n) is 6.01. The highest BCUT2D eigenvalue weighted by molar-refractivity contribution is 5.82. The van der Waals surface area contributed by atoms with Crippen LogP contribution in [0.2, 0.25) is 0 Å². The van der Waals surface area contributed by atoms with Crippen LogP contribution in [0.1, 0.15) is 58.8 Å². The highest BCUT2D eigenvalue weighted by Gasteiger charge is 2.21. The zero-order chi connectivity index (χ0) is 15.0. The van der Waals surface area contributed by atoms with E-state index in [1.165, 1.54) is 12.8 Å². The van der Waals surface area contributed by atoms with Crippen LogP contribution in [-0.4, -0.2) is 29.7 Å². The first-order chi connectivity index (χ1) is 9.52. The third-order valence-electron chi connectivity index (χ3n) is 4.14.